The molecule has 0 unspecified atom stereocenters. The summed E-state index contributed by atoms with van der Waals surface area (Å²) in [6, 6.07) is 5.44. The molecular formula is C20H26FN5O3S. The maximum absolute atomic E-state index is 12.9. The van der Waals surface area contributed by atoms with Crippen molar-refractivity contribution in [3.8, 4) is 0 Å². The lowest BCUT2D eigenvalue weighted by Gasteiger charge is -2.19. The van der Waals surface area contributed by atoms with E-state index in [2.05, 4.69) is 25.7 Å². The monoisotopic (exact) mass is 435 g/mol. The number of aromatic nitrogens is 2. The van der Waals surface area contributed by atoms with Gasteiger partial charge in [-0.05, 0) is 50.2 Å². The molecule has 0 spiro atoms. The van der Waals surface area contributed by atoms with E-state index in [1.807, 2.05) is 0 Å². The Morgan fingerprint density at radius 3 is 2.57 bits per heavy atom. The molecule has 0 atom stereocenters. The quantitative estimate of drug-likeness (QED) is 0.628. The number of halogens is 1. The van der Waals surface area contributed by atoms with Crippen LogP contribution in [0.3, 0.4) is 0 Å². The van der Waals surface area contributed by atoms with E-state index >= 15 is 0 Å². The number of nitrogens with zero attached hydrogens (tertiary/aromatic N) is 3. The van der Waals surface area contributed by atoms with E-state index < -0.39 is 5.91 Å². The number of carbonyl (C=O) groups is 2. The van der Waals surface area contributed by atoms with Gasteiger partial charge >= 0.3 is 0 Å². The van der Waals surface area contributed by atoms with Crippen LogP contribution in [0.25, 0.3) is 0 Å². The number of rotatable bonds is 9. The van der Waals surface area contributed by atoms with Gasteiger partial charge in [0.2, 0.25) is 10.9 Å². The van der Waals surface area contributed by atoms with E-state index in [4.69, 9.17) is 4.74 Å². The normalized spacial score (nSPS) is 14.8. The molecule has 1 fully saturated rings. The van der Waals surface area contributed by atoms with E-state index in [9.17, 15) is 14.0 Å². The number of amides is 2. The molecule has 0 aliphatic carbocycles. The molecule has 0 saturated carbocycles. The molecule has 162 valence electrons. The summed E-state index contributed by atoms with van der Waals surface area (Å²) in [5.74, 6) is -0.991. The molecule has 0 bridgehead atoms. The van der Waals surface area contributed by atoms with Crippen molar-refractivity contribution in [1.82, 2.24) is 20.4 Å². The van der Waals surface area contributed by atoms with Crippen molar-refractivity contribution >= 4 is 28.8 Å². The lowest BCUT2D eigenvalue weighted by atomic mass is 10.2. The minimum atomic E-state index is -0.434. The van der Waals surface area contributed by atoms with Gasteiger partial charge in [0, 0.05) is 18.8 Å². The highest BCUT2D eigenvalue weighted by Crippen LogP contribution is 2.14. The predicted octanol–water partition coefficient (Wildman–Crippen LogP) is 2.44. The summed E-state index contributed by atoms with van der Waals surface area (Å²) >= 11 is 1.08. The molecule has 1 aromatic carbocycles. The Bertz CT molecular complexity index is 822. The van der Waals surface area contributed by atoms with Crippen molar-refractivity contribution in [1.29, 1.82) is 0 Å². The summed E-state index contributed by atoms with van der Waals surface area (Å²) in [6.07, 6.45) is 5.03. The fourth-order valence-electron chi connectivity index (χ4n) is 3.12. The molecular weight excluding hydrogens is 409 g/mol. The Kier molecular flexibility index (Phi) is 8.66. The van der Waals surface area contributed by atoms with Crippen LogP contribution in [0.5, 0.6) is 0 Å². The van der Waals surface area contributed by atoms with Crippen molar-refractivity contribution in [2.75, 3.05) is 38.1 Å². The molecule has 30 heavy (non-hydrogen) atoms. The van der Waals surface area contributed by atoms with Crippen molar-refractivity contribution < 1.29 is 18.7 Å². The molecule has 10 heteroatoms. The van der Waals surface area contributed by atoms with Crippen molar-refractivity contribution in [2.24, 2.45) is 0 Å². The number of ether oxygens (including phenoxy) is 1. The third-order valence-electron chi connectivity index (χ3n) is 4.67. The van der Waals surface area contributed by atoms with Gasteiger partial charge in [0.1, 0.15) is 24.0 Å². The average Bonchev–Trinajstić information content (AvgIpc) is 3.05. The van der Waals surface area contributed by atoms with Crippen molar-refractivity contribution in [2.45, 2.75) is 32.3 Å². The summed E-state index contributed by atoms with van der Waals surface area (Å²) in [5.41, 5.74) is 0.464. The second kappa shape index (κ2) is 11.7. The van der Waals surface area contributed by atoms with E-state index in [0.29, 0.717) is 17.2 Å². The molecule has 2 N–H and O–H groups in total. The summed E-state index contributed by atoms with van der Waals surface area (Å²) in [7, 11) is 0. The van der Waals surface area contributed by atoms with E-state index in [1.165, 1.54) is 49.9 Å². The minimum Gasteiger partial charge on any atom is -0.364 e. The van der Waals surface area contributed by atoms with Crippen LogP contribution in [-0.2, 0) is 16.1 Å². The van der Waals surface area contributed by atoms with Gasteiger partial charge in [-0.15, -0.1) is 10.2 Å². The number of nitrogens with one attached hydrogen (secondary N) is 2. The second-order valence-corrected chi connectivity index (χ2v) is 8.12. The molecule has 2 heterocycles. The van der Waals surface area contributed by atoms with Gasteiger partial charge < -0.3 is 20.3 Å². The molecule has 3 rings (SSSR count). The Balaban J connectivity index is 1.33. The molecule has 2 amide bonds. The summed E-state index contributed by atoms with van der Waals surface area (Å²) in [6.45, 7) is 3.68. The number of hydrogen-bond donors (Lipinski definition) is 2. The third kappa shape index (κ3) is 7.43. The first kappa shape index (κ1) is 22.3. The van der Waals surface area contributed by atoms with Crippen LogP contribution in [0.2, 0.25) is 0 Å². The smallest absolute Gasteiger partial charge is 0.286 e. The van der Waals surface area contributed by atoms with Crippen LogP contribution in [0.1, 0.15) is 40.5 Å². The largest absolute Gasteiger partial charge is 0.364 e. The minimum absolute atomic E-state index is 0.0727. The van der Waals surface area contributed by atoms with Crippen LogP contribution in [0, 0.1) is 5.82 Å². The van der Waals surface area contributed by atoms with Gasteiger partial charge in [-0.2, -0.15) is 0 Å². The highest BCUT2D eigenvalue weighted by Gasteiger charge is 2.14. The molecule has 0 radical (unpaired) electrons. The lowest BCUT2D eigenvalue weighted by molar-refractivity contribution is -0.126. The van der Waals surface area contributed by atoms with Crippen LogP contribution < -0.4 is 10.6 Å². The molecule has 1 saturated heterocycles. The lowest BCUT2D eigenvalue weighted by Crippen LogP contribution is -2.36. The number of benzene rings is 1. The number of anilines is 1. The zero-order valence-electron chi connectivity index (χ0n) is 16.7. The zero-order chi connectivity index (χ0) is 21.2. The number of carbonyl (C=O) groups excluding carboxylic acids is 2. The standard InChI is InChI=1S/C20H26FN5O3S/c21-15-5-7-16(8-6-15)23-19(28)20-25-24-18(30-20)14-29-13-17(27)22-9-12-26-10-3-1-2-4-11-26/h5-8H,1-4,9-14H2,(H,22,27)(H,23,28). The van der Waals surface area contributed by atoms with Crippen molar-refractivity contribution in [3.05, 3.63) is 40.1 Å². The predicted molar refractivity (Wildman–Crippen MR) is 112 cm³/mol. The maximum Gasteiger partial charge on any atom is 0.286 e. The fraction of sp³-hybridized carbons (Fsp3) is 0.500. The summed E-state index contributed by atoms with van der Waals surface area (Å²) < 4.78 is 18.3. The van der Waals surface area contributed by atoms with Crippen LogP contribution in [0.4, 0.5) is 10.1 Å². The first-order chi connectivity index (χ1) is 14.6. The maximum atomic E-state index is 12.9. The van der Waals surface area contributed by atoms with Gasteiger partial charge in [-0.3, -0.25) is 9.59 Å². The van der Waals surface area contributed by atoms with Gasteiger partial charge in [0.05, 0.1) is 0 Å². The van der Waals surface area contributed by atoms with Crippen LogP contribution in [-0.4, -0.2) is 59.7 Å². The first-order valence-corrected chi connectivity index (χ1v) is 10.9. The van der Waals surface area contributed by atoms with Crippen LogP contribution in [0.15, 0.2) is 24.3 Å². The Morgan fingerprint density at radius 1 is 1.10 bits per heavy atom. The zero-order valence-corrected chi connectivity index (χ0v) is 17.5. The van der Waals surface area contributed by atoms with Gasteiger partial charge in [0.25, 0.3) is 5.91 Å². The van der Waals surface area contributed by atoms with Gasteiger partial charge in [-0.25, -0.2) is 4.39 Å². The highest BCUT2D eigenvalue weighted by atomic mass is 32.1. The average molecular weight is 436 g/mol. The molecule has 1 aromatic heterocycles. The third-order valence-corrected chi connectivity index (χ3v) is 5.57. The molecule has 1 aliphatic heterocycles. The molecule has 8 nitrogen and oxygen atoms in total. The Morgan fingerprint density at radius 2 is 1.83 bits per heavy atom. The first-order valence-electron chi connectivity index (χ1n) is 10.1. The van der Waals surface area contributed by atoms with Crippen molar-refractivity contribution in [3.63, 3.8) is 0 Å². The number of hydrogen-bond acceptors (Lipinski definition) is 7. The Labute approximate surface area is 178 Å². The topological polar surface area (TPSA) is 96.5 Å². The number of likely N-dealkylation sites (tertiary alicyclic amines) is 1. The van der Waals surface area contributed by atoms with Gasteiger partial charge in [-0.1, -0.05) is 24.2 Å². The van der Waals surface area contributed by atoms with E-state index in [1.54, 1.807) is 0 Å². The Hall–Kier alpha value is -2.43. The van der Waals surface area contributed by atoms with Crippen LogP contribution >= 0.6 is 11.3 Å². The van der Waals surface area contributed by atoms with E-state index in [0.717, 1.165) is 31.0 Å². The second-order valence-electron chi connectivity index (χ2n) is 7.06. The fourth-order valence-corrected chi connectivity index (χ4v) is 3.79. The van der Waals surface area contributed by atoms with Gasteiger partial charge in [0.15, 0.2) is 0 Å². The molecule has 2 aromatic rings. The SMILES string of the molecule is O=C(COCc1nnc(C(=O)Nc2ccc(F)cc2)s1)NCCN1CCCCCC1. The van der Waals surface area contributed by atoms with E-state index in [-0.39, 0.29) is 29.9 Å². The highest BCUT2D eigenvalue weighted by molar-refractivity contribution is 7.13. The summed E-state index contributed by atoms with van der Waals surface area (Å²) in [5, 5.41) is 13.9. The molecule has 1 aliphatic rings. The summed E-state index contributed by atoms with van der Waals surface area (Å²) in [4.78, 5) is 26.4.